The first kappa shape index (κ1) is 23.5. The van der Waals surface area contributed by atoms with Gasteiger partial charge >= 0.3 is 0 Å². The van der Waals surface area contributed by atoms with Gasteiger partial charge in [-0.15, -0.1) is 12.8 Å². The summed E-state index contributed by atoms with van der Waals surface area (Å²) in [5, 5.41) is 0. The number of H-pyrrole nitrogens is 2. The van der Waals surface area contributed by atoms with Crippen LogP contribution in [0.25, 0.3) is 33.9 Å². The van der Waals surface area contributed by atoms with Crippen LogP contribution in [0.5, 0.6) is 0 Å². The summed E-state index contributed by atoms with van der Waals surface area (Å²) >= 11 is 0. The zero-order chi connectivity index (χ0) is 22.8. The Balaban J connectivity index is 0.000000807. The summed E-state index contributed by atoms with van der Waals surface area (Å²) in [5.74, 6) is 1.50. The Hall–Kier alpha value is -3.80. The highest BCUT2D eigenvalue weighted by Crippen LogP contribution is 2.23. The minimum atomic E-state index is -0.135. The van der Waals surface area contributed by atoms with E-state index in [-0.39, 0.29) is 6.04 Å². The summed E-state index contributed by atoms with van der Waals surface area (Å²) in [6, 6.07) is 7.70. The lowest BCUT2D eigenvalue weighted by molar-refractivity contribution is 0.756. The Bertz CT molecular complexity index is 1070. The molecular weight excluding hydrogens is 388 g/mol. The first-order valence-electron chi connectivity index (χ1n) is 9.95. The van der Waals surface area contributed by atoms with Crippen molar-refractivity contribution in [1.29, 1.82) is 0 Å². The Kier molecular flexibility index (Phi) is 8.64. The third-order valence-corrected chi connectivity index (χ3v) is 4.26. The van der Waals surface area contributed by atoms with Crippen molar-refractivity contribution in [2.45, 2.75) is 33.4 Å². The van der Waals surface area contributed by atoms with Crippen LogP contribution in [-0.4, -0.2) is 29.9 Å². The molecule has 1 atom stereocenters. The number of pyridine rings is 2. The number of nitrogens with two attached hydrogens (primary N) is 2. The van der Waals surface area contributed by atoms with Crippen molar-refractivity contribution in [2.75, 3.05) is 0 Å². The fraction of sp³-hybridized carbons (Fsp3) is 0.217. The summed E-state index contributed by atoms with van der Waals surface area (Å²) in [4.78, 5) is 23.9. The van der Waals surface area contributed by atoms with Crippen LogP contribution in [0.4, 0.5) is 0 Å². The van der Waals surface area contributed by atoms with Crippen LogP contribution in [0.2, 0.25) is 0 Å². The molecule has 6 N–H and O–H groups in total. The van der Waals surface area contributed by atoms with Crippen molar-refractivity contribution < 1.29 is 0 Å². The molecule has 4 rings (SSSR count). The van der Waals surface area contributed by atoms with E-state index in [4.69, 9.17) is 11.5 Å². The van der Waals surface area contributed by atoms with Crippen LogP contribution in [0, 0.1) is 12.8 Å². The van der Waals surface area contributed by atoms with Crippen LogP contribution < -0.4 is 11.5 Å². The lowest BCUT2D eigenvalue weighted by atomic mass is 10.1. The second-order valence-corrected chi connectivity index (χ2v) is 6.28. The third-order valence-electron chi connectivity index (χ3n) is 4.26. The Morgan fingerprint density at radius 2 is 1.32 bits per heavy atom. The van der Waals surface area contributed by atoms with E-state index >= 15 is 0 Å². The Morgan fingerprint density at radius 1 is 0.806 bits per heavy atom. The number of imidazole rings is 2. The molecule has 8 nitrogen and oxygen atoms in total. The van der Waals surface area contributed by atoms with E-state index in [9.17, 15) is 0 Å². The molecule has 31 heavy (non-hydrogen) atoms. The smallest absolute Gasteiger partial charge is 0.123 e. The van der Waals surface area contributed by atoms with Gasteiger partial charge in [-0.3, -0.25) is 9.97 Å². The Morgan fingerprint density at radius 3 is 1.71 bits per heavy atom. The second-order valence-electron chi connectivity index (χ2n) is 6.28. The first-order valence-corrected chi connectivity index (χ1v) is 9.95. The molecule has 0 aliphatic carbocycles. The summed E-state index contributed by atoms with van der Waals surface area (Å²) in [7, 11) is 0. The SMILES string of the molecule is C#C.CC.C[C@H](N)c1ncc(-c2ccc(-c3ccc(-c4cnc(CN)[nH]4)cn3)nc2)[nH]1. The van der Waals surface area contributed by atoms with Gasteiger partial charge in [0.25, 0.3) is 0 Å². The van der Waals surface area contributed by atoms with Crippen molar-refractivity contribution in [3.8, 4) is 46.7 Å². The highest BCUT2D eigenvalue weighted by atomic mass is 15.0. The zero-order valence-electron chi connectivity index (χ0n) is 18.0. The second kappa shape index (κ2) is 11.4. The number of hydrogen-bond donors (Lipinski definition) is 4. The Labute approximate surface area is 182 Å². The maximum absolute atomic E-state index is 5.84. The predicted octanol–water partition coefficient (Wildman–Crippen LogP) is 3.68. The summed E-state index contributed by atoms with van der Waals surface area (Å²) < 4.78 is 0. The normalized spacial score (nSPS) is 10.9. The number of nitrogens with one attached hydrogen (secondary N) is 2. The molecule has 4 aromatic heterocycles. The van der Waals surface area contributed by atoms with E-state index in [2.05, 4.69) is 42.8 Å². The lowest BCUT2D eigenvalue weighted by Gasteiger charge is -2.04. The van der Waals surface area contributed by atoms with Crippen LogP contribution in [0.15, 0.2) is 49.1 Å². The highest BCUT2D eigenvalue weighted by Gasteiger charge is 2.09. The van der Waals surface area contributed by atoms with Crippen molar-refractivity contribution >= 4 is 0 Å². The van der Waals surface area contributed by atoms with E-state index in [0.717, 1.165) is 45.6 Å². The van der Waals surface area contributed by atoms with Gasteiger partial charge in [-0.25, -0.2) is 9.97 Å². The van der Waals surface area contributed by atoms with Crippen molar-refractivity contribution in [2.24, 2.45) is 11.5 Å². The quantitative estimate of drug-likeness (QED) is 0.367. The fourth-order valence-electron chi connectivity index (χ4n) is 2.74. The van der Waals surface area contributed by atoms with E-state index < -0.39 is 0 Å². The molecule has 0 fully saturated rings. The topological polar surface area (TPSA) is 135 Å². The number of aromatic nitrogens is 6. The lowest BCUT2D eigenvalue weighted by Crippen LogP contribution is -2.06. The third kappa shape index (κ3) is 5.63. The van der Waals surface area contributed by atoms with Gasteiger partial charge in [0.15, 0.2) is 0 Å². The van der Waals surface area contributed by atoms with Crippen LogP contribution in [0.3, 0.4) is 0 Å². The molecule has 0 unspecified atom stereocenters. The standard InChI is InChI=1S/C19H20N8.C2H6.C2H2/c1-11(21)19-25-10-17(27-19)13-3-5-15(23-8-13)14-4-2-12(7-22-14)16-9-24-18(6-20)26-16;2*1-2/h2-5,7-11H,6,20-21H2,1H3,(H,24,26)(H,25,27);1-2H3;1-2H/t11-;;/m0../s1. The van der Waals surface area contributed by atoms with Crippen LogP contribution in [0.1, 0.15) is 38.5 Å². The zero-order valence-corrected chi connectivity index (χ0v) is 18.0. The van der Waals surface area contributed by atoms with Gasteiger partial charge in [0.1, 0.15) is 11.6 Å². The summed E-state index contributed by atoms with van der Waals surface area (Å²) in [6.45, 7) is 6.27. The average Bonchev–Trinajstić information content (AvgIpc) is 3.52. The number of rotatable bonds is 5. The molecule has 0 aliphatic rings. The largest absolute Gasteiger partial charge is 0.341 e. The van der Waals surface area contributed by atoms with Gasteiger partial charge in [0.05, 0.1) is 47.8 Å². The molecule has 0 saturated heterocycles. The van der Waals surface area contributed by atoms with Gasteiger partial charge < -0.3 is 21.4 Å². The van der Waals surface area contributed by atoms with Crippen molar-refractivity contribution in [3.63, 3.8) is 0 Å². The maximum atomic E-state index is 5.84. The van der Waals surface area contributed by atoms with Gasteiger partial charge in [-0.1, -0.05) is 13.8 Å². The molecule has 160 valence electrons. The number of nitrogens with zero attached hydrogens (tertiary/aromatic N) is 4. The first-order chi connectivity index (χ1) is 15.1. The number of terminal acetylenes is 1. The minimum Gasteiger partial charge on any atom is -0.341 e. The molecule has 0 saturated carbocycles. The number of hydrogen-bond acceptors (Lipinski definition) is 6. The van der Waals surface area contributed by atoms with E-state index in [1.165, 1.54) is 0 Å². The monoisotopic (exact) mass is 416 g/mol. The van der Waals surface area contributed by atoms with E-state index in [0.29, 0.717) is 6.54 Å². The van der Waals surface area contributed by atoms with Crippen LogP contribution in [-0.2, 0) is 6.54 Å². The molecule has 8 heteroatoms. The summed E-state index contributed by atoms with van der Waals surface area (Å²) in [5.41, 5.74) is 16.7. The average molecular weight is 417 g/mol. The molecule has 4 heterocycles. The van der Waals surface area contributed by atoms with Gasteiger partial charge in [-0.2, -0.15) is 0 Å². The van der Waals surface area contributed by atoms with Gasteiger partial charge in [0, 0.05) is 23.5 Å². The van der Waals surface area contributed by atoms with E-state index in [1.807, 2.05) is 45.0 Å². The van der Waals surface area contributed by atoms with Crippen LogP contribution >= 0.6 is 0 Å². The number of aromatic amines is 2. The fourth-order valence-corrected chi connectivity index (χ4v) is 2.74. The molecule has 0 radical (unpaired) electrons. The predicted molar refractivity (Wildman–Crippen MR) is 124 cm³/mol. The molecule has 0 aromatic carbocycles. The highest BCUT2D eigenvalue weighted by molar-refractivity contribution is 5.65. The minimum absolute atomic E-state index is 0.135. The molecule has 0 amide bonds. The van der Waals surface area contributed by atoms with Crippen molar-refractivity contribution in [3.05, 3.63) is 60.7 Å². The molecule has 0 aliphatic heterocycles. The summed E-state index contributed by atoms with van der Waals surface area (Å²) in [6.07, 6.45) is 15.1. The molecular formula is C23H28N8. The van der Waals surface area contributed by atoms with Gasteiger partial charge in [-0.05, 0) is 31.2 Å². The van der Waals surface area contributed by atoms with E-state index in [1.54, 1.807) is 24.8 Å². The maximum Gasteiger partial charge on any atom is 0.123 e. The van der Waals surface area contributed by atoms with Gasteiger partial charge in [0.2, 0.25) is 0 Å². The molecule has 4 aromatic rings. The molecule has 0 bridgehead atoms. The molecule has 0 spiro atoms. The van der Waals surface area contributed by atoms with Crippen molar-refractivity contribution in [1.82, 2.24) is 29.9 Å².